The van der Waals surface area contributed by atoms with Gasteiger partial charge in [-0.15, -0.1) is 0 Å². The number of nitrogens with zero attached hydrogens (tertiary/aromatic N) is 2. The third-order valence-corrected chi connectivity index (χ3v) is 9.51. The van der Waals surface area contributed by atoms with E-state index in [0.717, 1.165) is 6.07 Å². The molecule has 9 nitrogen and oxygen atoms in total. The van der Waals surface area contributed by atoms with Gasteiger partial charge in [-0.25, -0.2) is 0 Å². The summed E-state index contributed by atoms with van der Waals surface area (Å²) in [5.41, 5.74) is 1.46. The topological polar surface area (TPSA) is 150 Å². The van der Waals surface area contributed by atoms with Crippen LogP contribution >= 0.6 is 0 Å². The Hall–Kier alpha value is -3.15. The molecule has 1 radical (unpaired) electrons. The number of carboxylic acids is 1. The number of anilines is 1. The first-order chi connectivity index (χ1) is 13.3. The second kappa shape index (κ2) is 7.46. The minimum atomic E-state index is -3.41. The van der Waals surface area contributed by atoms with Crippen molar-refractivity contribution in [3.05, 3.63) is 53.2 Å². The second-order valence-corrected chi connectivity index (χ2v) is 12.6. The van der Waals surface area contributed by atoms with Crippen molar-refractivity contribution in [1.82, 2.24) is 5.16 Å². The molecule has 3 aromatic rings. The van der Waals surface area contributed by atoms with Crippen LogP contribution in [-0.2, 0) is 8.10 Å². The molecule has 2 N–H and O–H groups in total. The fraction of sp³-hybridized carbons (Fsp3) is 0.0588. The molecule has 0 spiro atoms. The van der Waals surface area contributed by atoms with Crippen LogP contribution in [0.3, 0.4) is 0 Å². The molecule has 1 heterocycles. The van der Waals surface area contributed by atoms with E-state index in [1.807, 2.05) is 6.07 Å². The molecule has 1 amide bonds. The van der Waals surface area contributed by atoms with E-state index in [9.17, 15) is 23.1 Å². The summed E-state index contributed by atoms with van der Waals surface area (Å²) in [7, 11) is -3.41. The molecule has 2 aromatic carbocycles. The van der Waals surface area contributed by atoms with E-state index >= 15 is 0 Å². The van der Waals surface area contributed by atoms with Gasteiger partial charge in [0.25, 0.3) is 0 Å². The van der Waals surface area contributed by atoms with Crippen LogP contribution in [0.25, 0.3) is 11.0 Å². The van der Waals surface area contributed by atoms with E-state index in [1.165, 1.54) is 30.3 Å². The number of aromatic carboxylic acids is 1. The van der Waals surface area contributed by atoms with Crippen LogP contribution in [0.4, 0.5) is 5.69 Å². The molecule has 0 aliphatic heterocycles. The molecule has 3 rings (SSSR count). The summed E-state index contributed by atoms with van der Waals surface area (Å²) in [6, 6.07) is 9.71. The number of rotatable bonds is 5. The molecular weight excluding hydrogens is 449 g/mol. The summed E-state index contributed by atoms with van der Waals surface area (Å²) >= 11 is -0.966. The standard InChI is InChI=1S/C17H11AsN3O6S/c1-18-28(25,26)10-3-5-14-12(7-10)15(21-27-14)16(22)20-13-4-2-9(8-19)6-11(13)17(23)24/h2-7H,1H3,(H,20,22)(H,23,24). The average Bonchev–Trinajstić information content (AvgIpc) is 3.11. The molecular formula is C17H11AsN3O6S. The predicted octanol–water partition coefficient (Wildman–Crippen LogP) is 2.09. The summed E-state index contributed by atoms with van der Waals surface area (Å²) in [5, 5.41) is 24.5. The molecule has 0 unspecified atom stereocenters. The van der Waals surface area contributed by atoms with Crippen LogP contribution in [0.5, 0.6) is 0 Å². The van der Waals surface area contributed by atoms with Crippen molar-refractivity contribution in [2.45, 2.75) is 10.6 Å². The first kappa shape index (κ1) is 19.6. The number of fused-ring (bicyclic) bond motifs is 1. The Labute approximate surface area is 164 Å². The molecule has 28 heavy (non-hydrogen) atoms. The maximum atomic E-state index is 12.6. The van der Waals surface area contributed by atoms with Crippen molar-refractivity contribution < 1.29 is 27.6 Å². The zero-order valence-corrected chi connectivity index (χ0v) is 16.9. The summed E-state index contributed by atoms with van der Waals surface area (Å²) in [4.78, 5) is 24.1. The van der Waals surface area contributed by atoms with Crippen LogP contribution in [0.15, 0.2) is 45.8 Å². The number of hydrogen-bond donors (Lipinski definition) is 2. The van der Waals surface area contributed by atoms with Crippen molar-refractivity contribution in [2.75, 3.05) is 5.32 Å². The average molecular weight is 460 g/mol. The molecule has 141 valence electrons. The number of carbonyl (C=O) groups is 2. The van der Waals surface area contributed by atoms with E-state index in [4.69, 9.17) is 9.78 Å². The minimum absolute atomic E-state index is 0.0324. The van der Waals surface area contributed by atoms with Crippen LogP contribution in [0, 0.1) is 11.3 Å². The van der Waals surface area contributed by atoms with Crippen molar-refractivity contribution in [2.24, 2.45) is 0 Å². The summed E-state index contributed by atoms with van der Waals surface area (Å²) in [6.45, 7) is 0. The number of nitriles is 1. The SMILES string of the molecule is C[As]S(=O)(=O)c1ccc2onc(C(=O)Nc3ccc(C#N)cc3C(=O)O)c2c1. The van der Waals surface area contributed by atoms with Gasteiger partial charge in [0.1, 0.15) is 0 Å². The Morgan fingerprint density at radius 3 is 2.64 bits per heavy atom. The first-order valence-electron chi connectivity index (χ1n) is 7.61. The number of nitrogens with one attached hydrogen (secondary N) is 1. The maximum absolute atomic E-state index is 12.6. The molecule has 0 fully saturated rings. The number of aromatic nitrogens is 1. The van der Waals surface area contributed by atoms with Gasteiger partial charge in [-0.3, -0.25) is 0 Å². The molecule has 11 heteroatoms. The van der Waals surface area contributed by atoms with Crippen LogP contribution in [-0.4, -0.2) is 45.2 Å². The van der Waals surface area contributed by atoms with E-state index in [2.05, 4.69) is 10.5 Å². The van der Waals surface area contributed by atoms with Gasteiger partial charge in [0.2, 0.25) is 0 Å². The third-order valence-electron chi connectivity index (χ3n) is 3.82. The van der Waals surface area contributed by atoms with Gasteiger partial charge >= 0.3 is 159 Å². The number of carboxylic acid groups (broad SMARTS) is 1. The molecule has 0 saturated heterocycles. The molecule has 0 atom stereocenters. The summed E-state index contributed by atoms with van der Waals surface area (Å²) in [5.74, 6) is -2.10. The van der Waals surface area contributed by atoms with Crippen molar-refractivity contribution >= 4 is 51.2 Å². The monoisotopic (exact) mass is 460 g/mol. The fourth-order valence-corrected chi connectivity index (χ4v) is 5.19. The van der Waals surface area contributed by atoms with E-state index in [1.54, 1.807) is 5.71 Å². The van der Waals surface area contributed by atoms with Gasteiger partial charge in [0, 0.05) is 0 Å². The molecule has 0 bridgehead atoms. The van der Waals surface area contributed by atoms with Gasteiger partial charge in [0.05, 0.1) is 0 Å². The zero-order chi connectivity index (χ0) is 20.5. The summed E-state index contributed by atoms with van der Waals surface area (Å²) in [6.07, 6.45) is 0. The number of benzene rings is 2. The fourth-order valence-electron chi connectivity index (χ4n) is 2.43. The summed E-state index contributed by atoms with van der Waals surface area (Å²) < 4.78 is 29.3. The second-order valence-electron chi connectivity index (χ2n) is 5.48. The Bertz CT molecular complexity index is 1260. The molecule has 0 saturated carbocycles. The van der Waals surface area contributed by atoms with Crippen molar-refractivity contribution in [3.8, 4) is 6.07 Å². The van der Waals surface area contributed by atoms with E-state index in [-0.39, 0.29) is 38.4 Å². The Morgan fingerprint density at radius 1 is 1.25 bits per heavy atom. The molecule has 0 aliphatic carbocycles. The van der Waals surface area contributed by atoms with E-state index < -0.39 is 34.6 Å². The Morgan fingerprint density at radius 2 is 2.00 bits per heavy atom. The van der Waals surface area contributed by atoms with Crippen LogP contribution in [0.1, 0.15) is 26.4 Å². The normalized spacial score (nSPS) is 11.6. The van der Waals surface area contributed by atoms with Gasteiger partial charge in [-0.2, -0.15) is 5.26 Å². The third kappa shape index (κ3) is 3.63. The van der Waals surface area contributed by atoms with Gasteiger partial charge in [-0.05, 0) is 0 Å². The number of hydrogen-bond acceptors (Lipinski definition) is 7. The Kier molecular flexibility index (Phi) is 5.22. The quantitative estimate of drug-likeness (QED) is 0.550. The molecule has 0 aliphatic rings. The number of amides is 1. The number of carbonyl (C=O) groups excluding carboxylic acids is 1. The van der Waals surface area contributed by atoms with Crippen molar-refractivity contribution in [3.63, 3.8) is 0 Å². The Balaban J connectivity index is 2.02. The predicted molar refractivity (Wildman–Crippen MR) is 98.9 cm³/mol. The van der Waals surface area contributed by atoms with Gasteiger partial charge < -0.3 is 0 Å². The van der Waals surface area contributed by atoms with Gasteiger partial charge in [-0.1, -0.05) is 0 Å². The van der Waals surface area contributed by atoms with E-state index in [0.29, 0.717) is 0 Å². The van der Waals surface area contributed by atoms with Crippen molar-refractivity contribution in [1.29, 1.82) is 5.26 Å². The molecule has 1 aromatic heterocycles. The van der Waals surface area contributed by atoms with Gasteiger partial charge in [0.15, 0.2) is 0 Å². The first-order valence-corrected chi connectivity index (χ1v) is 13.2. The van der Waals surface area contributed by atoms with Crippen LogP contribution in [0.2, 0.25) is 5.71 Å². The van der Waals surface area contributed by atoms with Crippen LogP contribution < -0.4 is 5.32 Å². The zero-order valence-electron chi connectivity index (χ0n) is 14.2.